The number of anilines is 2. The number of aromatic amines is 1. The normalized spacial score (nSPS) is 10.3. The Balaban J connectivity index is 2.85. The van der Waals surface area contributed by atoms with Crippen molar-refractivity contribution in [3.05, 3.63) is 50.1 Å². The number of nitrogens with zero attached hydrogens (tertiary/aromatic N) is 1. The molecule has 0 radical (unpaired) electrons. The lowest BCUT2D eigenvalue weighted by Crippen LogP contribution is -2.32. The number of para-hydroxylation sites is 1. The van der Waals surface area contributed by atoms with Gasteiger partial charge in [-0.1, -0.05) is 23.7 Å². The Morgan fingerprint density at radius 1 is 1.33 bits per heavy atom. The Morgan fingerprint density at radius 3 is 2.61 bits per heavy atom. The largest absolute Gasteiger partial charge is 0.383 e. The van der Waals surface area contributed by atoms with Crippen LogP contribution in [0.3, 0.4) is 0 Å². The van der Waals surface area contributed by atoms with E-state index in [1.54, 1.807) is 31.3 Å². The monoisotopic (exact) mass is 266 g/mol. The highest BCUT2D eigenvalue weighted by atomic mass is 35.5. The first-order chi connectivity index (χ1) is 8.56. The molecule has 0 aliphatic heterocycles. The Bertz CT molecular complexity index is 705. The molecular weight excluding hydrogens is 256 g/mol. The van der Waals surface area contributed by atoms with E-state index in [0.29, 0.717) is 10.7 Å². The minimum absolute atomic E-state index is 0.0133. The second kappa shape index (κ2) is 4.58. The third-order valence-electron chi connectivity index (χ3n) is 2.49. The summed E-state index contributed by atoms with van der Waals surface area (Å²) in [6.07, 6.45) is 0. The van der Waals surface area contributed by atoms with Crippen molar-refractivity contribution in [3.63, 3.8) is 0 Å². The van der Waals surface area contributed by atoms with Crippen LogP contribution < -0.4 is 22.3 Å². The summed E-state index contributed by atoms with van der Waals surface area (Å²) in [5, 5.41) is 3.01. The Hall–Kier alpha value is -2.21. The molecule has 2 rings (SSSR count). The highest BCUT2D eigenvalue weighted by Crippen LogP contribution is 2.22. The molecule has 0 atom stereocenters. The van der Waals surface area contributed by atoms with E-state index in [1.807, 2.05) is 0 Å². The third kappa shape index (κ3) is 1.86. The van der Waals surface area contributed by atoms with Crippen LogP contribution in [-0.4, -0.2) is 16.6 Å². The molecule has 0 aliphatic carbocycles. The van der Waals surface area contributed by atoms with E-state index in [2.05, 4.69) is 10.3 Å². The summed E-state index contributed by atoms with van der Waals surface area (Å²) in [7, 11) is 1.54. The van der Waals surface area contributed by atoms with Crippen LogP contribution in [0.2, 0.25) is 5.02 Å². The van der Waals surface area contributed by atoms with Crippen molar-refractivity contribution in [2.75, 3.05) is 18.1 Å². The minimum Gasteiger partial charge on any atom is -0.383 e. The van der Waals surface area contributed by atoms with Gasteiger partial charge < -0.3 is 11.1 Å². The van der Waals surface area contributed by atoms with Gasteiger partial charge in [-0.3, -0.25) is 9.78 Å². The Morgan fingerprint density at radius 2 is 2.00 bits per heavy atom. The molecule has 0 aliphatic rings. The molecule has 4 N–H and O–H groups in total. The van der Waals surface area contributed by atoms with Gasteiger partial charge in [0.1, 0.15) is 11.5 Å². The number of hydrogen-bond acceptors (Lipinski definition) is 4. The number of nitrogens with two attached hydrogens (primary N) is 1. The number of rotatable bonds is 2. The van der Waals surface area contributed by atoms with Gasteiger partial charge in [-0.05, 0) is 12.1 Å². The summed E-state index contributed by atoms with van der Waals surface area (Å²) in [6, 6.07) is 6.72. The van der Waals surface area contributed by atoms with Gasteiger partial charge in [-0.25, -0.2) is 9.36 Å². The van der Waals surface area contributed by atoms with Gasteiger partial charge in [0.15, 0.2) is 0 Å². The summed E-state index contributed by atoms with van der Waals surface area (Å²) in [5.41, 5.74) is 5.15. The molecule has 0 bridgehead atoms. The number of halogens is 1. The maximum absolute atomic E-state index is 11.8. The van der Waals surface area contributed by atoms with Gasteiger partial charge >= 0.3 is 5.69 Å². The number of hydrogen-bond donors (Lipinski definition) is 3. The highest BCUT2D eigenvalue weighted by Gasteiger charge is 2.13. The van der Waals surface area contributed by atoms with Crippen LogP contribution in [0, 0.1) is 0 Å². The molecule has 1 heterocycles. The molecule has 1 aromatic heterocycles. The molecule has 0 saturated carbocycles. The number of aromatic nitrogens is 2. The van der Waals surface area contributed by atoms with Crippen LogP contribution in [-0.2, 0) is 0 Å². The van der Waals surface area contributed by atoms with E-state index < -0.39 is 11.2 Å². The first kappa shape index (κ1) is 12.3. The number of H-pyrrole nitrogens is 1. The Kier molecular flexibility index (Phi) is 3.12. The van der Waals surface area contributed by atoms with Crippen molar-refractivity contribution >= 4 is 23.1 Å². The maximum atomic E-state index is 11.8. The lowest BCUT2D eigenvalue weighted by molar-refractivity contribution is 0.911. The van der Waals surface area contributed by atoms with Crippen LogP contribution in [0.25, 0.3) is 5.69 Å². The van der Waals surface area contributed by atoms with Gasteiger partial charge in [0.25, 0.3) is 5.56 Å². The summed E-state index contributed by atoms with van der Waals surface area (Å²) < 4.78 is 1.15. The molecule has 18 heavy (non-hydrogen) atoms. The van der Waals surface area contributed by atoms with Crippen molar-refractivity contribution in [2.45, 2.75) is 0 Å². The van der Waals surface area contributed by atoms with Crippen LogP contribution in [0.4, 0.5) is 11.5 Å². The summed E-state index contributed by atoms with van der Waals surface area (Å²) in [6.45, 7) is 0. The molecule has 0 amide bonds. The lowest BCUT2D eigenvalue weighted by atomic mass is 10.3. The number of benzene rings is 1. The summed E-state index contributed by atoms with van der Waals surface area (Å²) >= 11 is 6.01. The SMILES string of the molecule is CNc1c(N)n(-c2ccccc2Cl)c(=O)[nH]c1=O. The first-order valence-electron chi connectivity index (χ1n) is 5.13. The zero-order chi connectivity index (χ0) is 13.3. The first-order valence-corrected chi connectivity index (χ1v) is 5.51. The van der Waals surface area contributed by atoms with Crippen LogP contribution in [0.5, 0.6) is 0 Å². The van der Waals surface area contributed by atoms with Gasteiger partial charge in [0.05, 0.1) is 10.7 Å². The van der Waals surface area contributed by atoms with Crippen molar-refractivity contribution in [1.29, 1.82) is 0 Å². The van der Waals surface area contributed by atoms with E-state index in [9.17, 15) is 9.59 Å². The zero-order valence-corrected chi connectivity index (χ0v) is 10.3. The van der Waals surface area contributed by atoms with Crippen molar-refractivity contribution in [1.82, 2.24) is 9.55 Å². The van der Waals surface area contributed by atoms with E-state index in [4.69, 9.17) is 17.3 Å². The zero-order valence-electron chi connectivity index (χ0n) is 9.53. The second-order valence-electron chi connectivity index (χ2n) is 3.56. The quantitative estimate of drug-likeness (QED) is 0.750. The molecule has 1 aromatic carbocycles. The summed E-state index contributed by atoms with van der Waals surface area (Å²) in [5.74, 6) is 0.0133. The second-order valence-corrected chi connectivity index (χ2v) is 3.96. The molecule has 0 saturated heterocycles. The van der Waals surface area contributed by atoms with Gasteiger partial charge in [0, 0.05) is 7.05 Å². The number of nitrogen functional groups attached to an aromatic ring is 1. The molecule has 0 spiro atoms. The van der Waals surface area contributed by atoms with Gasteiger partial charge in [0.2, 0.25) is 0 Å². The van der Waals surface area contributed by atoms with Crippen LogP contribution in [0.15, 0.2) is 33.9 Å². The fraction of sp³-hybridized carbons (Fsp3) is 0.0909. The molecule has 2 aromatic rings. The van der Waals surface area contributed by atoms with E-state index in [-0.39, 0.29) is 11.5 Å². The number of nitrogens with one attached hydrogen (secondary N) is 2. The van der Waals surface area contributed by atoms with Crippen molar-refractivity contribution in [3.8, 4) is 5.69 Å². The van der Waals surface area contributed by atoms with Crippen LogP contribution in [0.1, 0.15) is 0 Å². The average molecular weight is 267 g/mol. The average Bonchev–Trinajstić information content (AvgIpc) is 2.31. The van der Waals surface area contributed by atoms with Gasteiger partial charge in [-0.15, -0.1) is 0 Å². The van der Waals surface area contributed by atoms with E-state index >= 15 is 0 Å². The predicted octanol–water partition coefficient (Wildman–Crippen LogP) is 0.803. The highest BCUT2D eigenvalue weighted by molar-refractivity contribution is 6.32. The standard InChI is InChI=1S/C11H11ClN4O2/c1-14-8-9(13)16(11(18)15-10(8)17)7-5-3-2-4-6(7)12/h2-5,14H,13H2,1H3,(H,15,17,18). The molecular formula is C11H11ClN4O2. The molecule has 94 valence electrons. The van der Waals surface area contributed by atoms with Crippen molar-refractivity contribution in [2.24, 2.45) is 0 Å². The predicted molar refractivity (Wildman–Crippen MR) is 71.6 cm³/mol. The minimum atomic E-state index is -0.635. The smallest absolute Gasteiger partial charge is 0.334 e. The molecule has 7 heteroatoms. The fourth-order valence-electron chi connectivity index (χ4n) is 1.67. The Labute approximate surface area is 107 Å². The van der Waals surface area contributed by atoms with Crippen LogP contribution >= 0.6 is 11.6 Å². The summed E-state index contributed by atoms with van der Waals surface area (Å²) in [4.78, 5) is 25.5. The molecule has 6 nitrogen and oxygen atoms in total. The topological polar surface area (TPSA) is 92.9 Å². The van der Waals surface area contributed by atoms with E-state index in [0.717, 1.165) is 4.57 Å². The lowest BCUT2D eigenvalue weighted by Gasteiger charge is -2.13. The molecule has 0 unspecified atom stereocenters. The fourth-order valence-corrected chi connectivity index (χ4v) is 1.89. The maximum Gasteiger partial charge on any atom is 0.334 e. The van der Waals surface area contributed by atoms with Crippen molar-refractivity contribution < 1.29 is 0 Å². The molecule has 0 fully saturated rings. The third-order valence-corrected chi connectivity index (χ3v) is 2.81. The van der Waals surface area contributed by atoms with E-state index in [1.165, 1.54) is 0 Å². The van der Waals surface area contributed by atoms with Gasteiger partial charge in [-0.2, -0.15) is 0 Å².